The molecule has 1 aromatic rings. The van der Waals surface area contributed by atoms with Crippen LogP contribution in [0.5, 0.6) is 0 Å². The van der Waals surface area contributed by atoms with Gasteiger partial charge < -0.3 is 4.90 Å². The lowest BCUT2D eigenvalue weighted by Gasteiger charge is -2.17. The van der Waals surface area contributed by atoms with Crippen LogP contribution in [0.1, 0.15) is 6.42 Å². The summed E-state index contributed by atoms with van der Waals surface area (Å²) in [4.78, 5) is 13.0. The van der Waals surface area contributed by atoms with E-state index in [0.29, 0.717) is 18.8 Å². The van der Waals surface area contributed by atoms with Gasteiger partial charge in [0.15, 0.2) is 0 Å². The maximum absolute atomic E-state index is 13.3. The van der Waals surface area contributed by atoms with Crippen molar-refractivity contribution in [3.63, 3.8) is 0 Å². The summed E-state index contributed by atoms with van der Waals surface area (Å²) < 4.78 is 26.5. The maximum Gasteiger partial charge on any atom is 0.227 e. The van der Waals surface area contributed by atoms with Crippen molar-refractivity contribution in [1.82, 2.24) is 0 Å². The lowest BCUT2D eigenvalue weighted by atomic mass is 10.1. The fraction of sp³-hybridized carbons (Fsp3) is 0.364. The average molecular weight is 325 g/mol. The van der Waals surface area contributed by atoms with Crippen molar-refractivity contribution in [3.05, 3.63) is 28.2 Å². The highest BCUT2D eigenvalue weighted by Gasteiger charge is 2.30. The second kappa shape index (κ2) is 4.90. The van der Waals surface area contributed by atoms with Crippen molar-refractivity contribution in [2.24, 2.45) is 5.92 Å². The summed E-state index contributed by atoms with van der Waals surface area (Å²) in [6.07, 6.45) is 0.322. The average Bonchev–Trinajstić information content (AvgIpc) is 2.67. The fourth-order valence-corrected chi connectivity index (χ4v) is 2.27. The Labute approximate surface area is 111 Å². The van der Waals surface area contributed by atoms with E-state index in [1.807, 2.05) is 0 Å². The van der Waals surface area contributed by atoms with Crippen LogP contribution in [-0.4, -0.2) is 18.3 Å². The molecule has 1 aliphatic heterocycles. The molecule has 1 atom stereocenters. The van der Waals surface area contributed by atoms with E-state index in [-0.39, 0.29) is 22.0 Å². The van der Waals surface area contributed by atoms with Crippen molar-refractivity contribution >= 4 is 39.1 Å². The van der Waals surface area contributed by atoms with Crippen molar-refractivity contribution in [1.29, 1.82) is 0 Å². The zero-order valence-electron chi connectivity index (χ0n) is 8.72. The number of carbonyl (C=O) groups excluding carboxylic acids is 1. The monoisotopic (exact) mass is 323 g/mol. The molecule has 0 spiro atoms. The topological polar surface area (TPSA) is 20.3 Å². The second-order valence-corrected chi connectivity index (χ2v) is 5.05. The Bertz CT molecular complexity index is 446. The van der Waals surface area contributed by atoms with E-state index in [2.05, 4.69) is 15.9 Å². The third-order valence-electron chi connectivity index (χ3n) is 2.70. The summed E-state index contributed by atoms with van der Waals surface area (Å²) in [5, 5.41) is 0. The van der Waals surface area contributed by atoms with E-state index in [1.165, 1.54) is 4.90 Å². The Kier molecular flexibility index (Phi) is 3.68. The number of hydrogen-bond donors (Lipinski definition) is 0. The molecule has 1 aromatic carbocycles. The van der Waals surface area contributed by atoms with Crippen LogP contribution in [0.25, 0.3) is 0 Å². The van der Waals surface area contributed by atoms with Gasteiger partial charge in [-0.3, -0.25) is 4.79 Å². The van der Waals surface area contributed by atoms with Gasteiger partial charge in [-0.1, -0.05) is 0 Å². The third-order valence-corrected chi connectivity index (χ3v) is 3.90. The van der Waals surface area contributed by atoms with Gasteiger partial charge in [0.05, 0.1) is 4.47 Å². The summed E-state index contributed by atoms with van der Waals surface area (Å²) in [5.41, 5.74) is 0.237. The first-order valence-electron chi connectivity index (χ1n) is 5.03. The smallest absolute Gasteiger partial charge is 0.227 e. The largest absolute Gasteiger partial charge is 0.312 e. The van der Waals surface area contributed by atoms with Crippen LogP contribution in [0, 0.1) is 17.6 Å². The Morgan fingerprint density at radius 2 is 2.00 bits per heavy atom. The zero-order valence-corrected chi connectivity index (χ0v) is 11.1. The van der Waals surface area contributed by atoms with Crippen LogP contribution in [0.4, 0.5) is 14.5 Å². The zero-order chi connectivity index (χ0) is 12.6. The van der Waals surface area contributed by atoms with Crippen molar-refractivity contribution < 1.29 is 13.6 Å². The molecule has 0 radical (unpaired) electrons. The van der Waals surface area contributed by atoms with Gasteiger partial charge in [0.1, 0.15) is 11.6 Å². The normalized spacial score (nSPS) is 20.1. The summed E-state index contributed by atoms with van der Waals surface area (Å²) in [6, 6.07) is 2.28. The SMILES string of the molecule is O=C1CC(CCl)CN1c1cc(F)c(Br)c(F)c1. The van der Waals surface area contributed by atoms with E-state index in [9.17, 15) is 13.6 Å². The van der Waals surface area contributed by atoms with Gasteiger partial charge in [-0.05, 0) is 34.0 Å². The summed E-state index contributed by atoms with van der Waals surface area (Å²) in [5.74, 6) is -1.19. The summed E-state index contributed by atoms with van der Waals surface area (Å²) >= 11 is 8.47. The van der Waals surface area contributed by atoms with Gasteiger partial charge in [0.25, 0.3) is 0 Å². The fourth-order valence-electron chi connectivity index (χ4n) is 1.83. The highest BCUT2D eigenvalue weighted by Crippen LogP contribution is 2.30. The van der Waals surface area contributed by atoms with Crippen molar-refractivity contribution in [2.45, 2.75) is 6.42 Å². The molecule has 0 bridgehead atoms. The number of anilines is 1. The van der Waals surface area contributed by atoms with Gasteiger partial charge in [0.2, 0.25) is 5.91 Å². The highest BCUT2D eigenvalue weighted by atomic mass is 79.9. The number of rotatable bonds is 2. The molecule has 0 N–H and O–H groups in total. The minimum atomic E-state index is -0.720. The molecule has 0 saturated carbocycles. The van der Waals surface area contributed by atoms with E-state index in [4.69, 9.17) is 11.6 Å². The Morgan fingerprint density at radius 3 is 2.47 bits per heavy atom. The third kappa shape index (κ3) is 2.45. The van der Waals surface area contributed by atoms with E-state index >= 15 is 0 Å². The van der Waals surface area contributed by atoms with Crippen LogP contribution < -0.4 is 4.90 Å². The molecule has 0 aliphatic carbocycles. The van der Waals surface area contributed by atoms with Crippen LogP contribution in [-0.2, 0) is 4.79 Å². The summed E-state index contributed by atoms with van der Waals surface area (Å²) in [7, 11) is 0. The Balaban J connectivity index is 2.32. The molecule has 92 valence electrons. The number of benzene rings is 1. The van der Waals surface area contributed by atoms with Gasteiger partial charge in [-0.15, -0.1) is 11.6 Å². The molecule has 1 heterocycles. The van der Waals surface area contributed by atoms with E-state index in [0.717, 1.165) is 12.1 Å². The number of halogens is 4. The molecule has 1 aliphatic rings. The quantitative estimate of drug-likeness (QED) is 0.604. The lowest BCUT2D eigenvalue weighted by Crippen LogP contribution is -2.25. The first-order chi connectivity index (χ1) is 8.02. The first-order valence-corrected chi connectivity index (χ1v) is 6.36. The van der Waals surface area contributed by atoms with Crippen molar-refractivity contribution in [3.8, 4) is 0 Å². The number of amides is 1. The molecule has 0 aromatic heterocycles. The van der Waals surface area contributed by atoms with Crippen LogP contribution in [0.2, 0.25) is 0 Å². The molecular weight excluding hydrogens is 315 g/mol. The number of hydrogen-bond acceptors (Lipinski definition) is 1. The van der Waals surface area contributed by atoms with Gasteiger partial charge in [0, 0.05) is 24.5 Å². The van der Waals surface area contributed by atoms with Crippen LogP contribution in [0.15, 0.2) is 16.6 Å². The molecule has 17 heavy (non-hydrogen) atoms. The Hall–Kier alpha value is -0.680. The number of carbonyl (C=O) groups is 1. The predicted molar refractivity (Wildman–Crippen MR) is 65.2 cm³/mol. The number of alkyl halides is 1. The summed E-state index contributed by atoms with van der Waals surface area (Å²) in [6.45, 7) is 0.406. The molecule has 6 heteroatoms. The maximum atomic E-state index is 13.3. The molecule has 1 saturated heterocycles. The van der Waals surface area contributed by atoms with Gasteiger partial charge in [-0.25, -0.2) is 8.78 Å². The predicted octanol–water partition coefficient (Wildman–Crippen LogP) is 3.32. The van der Waals surface area contributed by atoms with Crippen molar-refractivity contribution in [2.75, 3.05) is 17.3 Å². The lowest BCUT2D eigenvalue weighted by molar-refractivity contribution is -0.117. The minimum absolute atomic E-state index is 0.0407. The molecule has 1 unspecified atom stereocenters. The first kappa shape index (κ1) is 12.8. The Morgan fingerprint density at radius 1 is 1.41 bits per heavy atom. The van der Waals surface area contributed by atoms with Gasteiger partial charge >= 0.3 is 0 Å². The van der Waals surface area contributed by atoms with E-state index < -0.39 is 11.6 Å². The molecule has 2 rings (SSSR count). The molecule has 1 amide bonds. The van der Waals surface area contributed by atoms with Crippen LogP contribution in [0.3, 0.4) is 0 Å². The van der Waals surface area contributed by atoms with Crippen LogP contribution >= 0.6 is 27.5 Å². The highest BCUT2D eigenvalue weighted by molar-refractivity contribution is 9.10. The second-order valence-electron chi connectivity index (χ2n) is 3.95. The molecular formula is C11H9BrClF2NO. The van der Waals surface area contributed by atoms with Gasteiger partial charge in [-0.2, -0.15) is 0 Å². The molecule has 1 fully saturated rings. The standard InChI is InChI=1S/C11H9BrClF2NO/c12-11-8(14)2-7(3-9(11)15)16-5-6(4-13)1-10(16)17/h2-3,6H,1,4-5H2. The molecule has 2 nitrogen and oxygen atoms in total. The number of nitrogens with zero attached hydrogens (tertiary/aromatic N) is 1. The minimum Gasteiger partial charge on any atom is -0.312 e. The van der Waals surface area contributed by atoms with E-state index in [1.54, 1.807) is 0 Å².